The Labute approximate surface area is 118 Å². The molecule has 1 aromatic rings. The molecule has 1 N–H and O–H groups in total. The highest BCUT2D eigenvalue weighted by molar-refractivity contribution is 7.99. The van der Waals surface area contributed by atoms with Crippen molar-refractivity contribution in [3.05, 3.63) is 11.1 Å². The van der Waals surface area contributed by atoms with Crippen molar-refractivity contribution >= 4 is 28.2 Å². The van der Waals surface area contributed by atoms with Crippen molar-refractivity contribution in [2.24, 2.45) is 5.92 Å². The van der Waals surface area contributed by atoms with Gasteiger partial charge in [0.15, 0.2) is 5.13 Å². The van der Waals surface area contributed by atoms with Gasteiger partial charge in [0.1, 0.15) is 0 Å². The second-order valence-electron chi connectivity index (χ2n) is 5.26. The van der Waals surface area contributed by atoms with Gasteiger partial charge in [-0.25, -0.2) is 4.98 Å². The summed E-state index contributed by atoms with van der Waals surface area (Å²) in [4.78, 5) is 8.25. The van der Waals surface area contributed by atoms with Crippen LogP contribution < -0.4 is 10.2 Å². The maximum atomic E-state index is 4.55. The molecular formula is C13H23N3S2. The van der Waals surface area contributed by atoms with E-state index >= 15 is 0 Å². The van der Waals surface area contributed by atoms with Crippen molar-refractivity contribution in [3.63, 3.8) is 0 Å². The largest absolute Gasteiger partial charge is 0.347 e. The third kappa shape index (κ3) is 3.87. The van der Waals surface area contributed by atoms with E-state index in [-0.39, 0.29) is 0 Å². The summed E-state index contributed by atoms with van der Waals surface area (Å²) in [6.07, 6.45) is 3.31. The summed E-state index contributed by atoms with van der Waals surface area (Å²) in [5, 5.41) is 4.64. The number of anilines is 1. The van der Waals surface area contributed by atoms with Crippen molar-refractivity contribution in [3.8, 4) is 0 Å². The first-order chi connectivity index (χ1) is 8.66. The molecule has 2 rings (SSSR count). The van der Waals surface area contributed by atoms with E-state index in [4.69, 9.17) is 0 Å². The van der Waals surface area contributed by atoms with Gasteiger partial charge in [0.2, 0.25) is 0 Å². The molecule has 1 saturated heterocycles. The number of thioether (sulfide) groups is 1. The van der Waals surface area contributed by atoms with E-state index < -0.39 is 0 Å². The van der Waals surface area contributed by atoms with Crippen molar-refractivity contribution in [1.29, 1.82) is 0 Å². The standard InChI is InChI=1S/C13H23N3S2/c1-10(2)6-14-7-12-8-15-13(18-12)16(3)11-4-5-17-9-11/h8,10-11,14H,4-7,9H2,1-3H3. The third-order valence-corrected chi connectivity index (χ3v) is 5.38. The predicted octanol–water partition coefficient (Wildman–Crippen LogP) is 2.83. The van der Waals surface area contributed by atoms with E-state index in [1.165, 1.54) is 27.9 Å². The molecule has 0 saturated carbocycles. The minimum Gasteiger partial charge on any atom is -0.347 e. The van der Waals surface area contributed by atoms with E-state index in [1.807, 2.05) is 17.5 Å². The van der Waals surface area contributed by atoms with Crippen LogP contribution in [0.15, 0.2) is 6.20 Å². The SMILES string of the molecule is CC(C)CNCc1cnc(N(C)C2CCSC2)s1. The van der Waals surface area contributed by atoms with Crippen LogP contribution in [0.3, 0.4) is 0 Å². The molecule has 0 radical (unpaired) electrons. The predicted molar refractivity (Wildman–Crippen MR) is 82.8 cm³/mol. The van der Waals surface area contributed by atoms with E-state index in [0.29, 0.717) is 12.0 Å². The Kier molecular flexibility index (Phi) is 5.33. The van der Waals surface area contributed by atoms with Gasteiger partial charge in [0.25, 0.3) is 0 Å². The van der Waals surface area contributed by atoms with Gasteiger partial charge in [-0.05, 0) is 24.6 Å². The zero-order valence-corrected chi connectivity index (χ0v) is 13.1. The van der Waals surface area contributed by atoms with Crippen LogP contribution in [0, 0.1) is 5.92 Å². The Balaban J connectivity index is 1.85. The second kappa shape index (κ2) is 6.78. The molecule has 0 aromatic carbocycles. The minimum atomic E-state index is 0.678. The van der Waals surface area contributed by atoms with Gasteiger partial charge in [-0.3, -0.25) is 0 Å². The van der Waals surface area contributed by atoms with Gasteiger partial charge in [-0.2, -0.15) is 11.8 Å². The molecule has 1 aromatic heterocycles. The smallest absolute Gasteiger partial charge is 0.185 e. The van der Waals surface area contributed by atoms with Crippen molar-refractivity contribution in [2.75, 3.05) is 30.0 Å². The number of nitrogens with one attached hydrogen (secondary N) is 1. The summed E-state index contributed by atoms with van der Waals surface area (Å²) in [5.41, 5.74) is 0. The number of thiazole rings is 1. The summed E-state index contributed by atoms with van der Waals surface area (Å²) in [5.74, 6) is 3.25. The summed E-state index contributed by atoms with van der Waals surface area (Å²) < 4.78 is 0. The van der Waals surface area contributed by atoms with Gasteiger partial charge in [-0.1, -0.05) is 13.8 Å². The molecular weight excluding hydrogens is 262 g/mol. The fourth-order valence-electron chi connectivity index (χ4n) is 2.01. The molecule has 0 spiro atoms. The highest BCUT2D eigenvalue weighted by Crippen LogP contribution is 2.28. The number of aromatic nitrogens is 1. The average molecular weight is 285 g/mol. The molecule has 5 heteroatoms. The molecule has 3 nitrogen and oxygen atoms in total. The first-order valence-electron chi connectivity index (χ1n) is 6.63. The lowest BCUT2D eigenvalue weighted by Gasteiger charge is -2.22. The fraction of sp³-hybridized carbons (Fsp3) is 0.769. The maximum absolute atomic E-state index is 4.55. The Morgan fingerprint density at radius 2 is 2.39 bits per heavy atom. The Bertz CT molecular complexity index is 359. The van der Waals surface area contributed by atoms with E-state index in [0.717, 1.165) is 13.1 Å². The van der Waals surface area contributed by atoms with Crippen LogP contribution in [0.2, 0.25) is 0 Å². The normalized spacial score (nSPS) is 19.7. The molecule has 1 aliphatic heterocycles. The van der Waals surface area contributed by atoms with Gasteiger partial charge < -0.3 is 10.2 Å². The lowest BCUT2D eigenvalue weighted by atomic mass is 10.2. The Morgan fingerprint density at radius 3 is 3.06 bits per heavy atom. The van der Waals surface area contributed by atoms with Crippen molar-refractivity contribution in [2.45, 2.75) is 32.9 Å². The number of rotatable bonds is 6. The zero-order chi connectivity index (χ0) is 13.0. The van der Waals surface area contributed by atoms with Crippen molar-refractivity contribution < 1.29 is 0 Å². The Hall–Kier alpha value is -0.260. The molecule has 0 aliphatic carbocycles. The first-order valence-corrected chi connectivity index (χ1v) is 8.60. The summed E-state index contributed by atoms with van der Waals surface area (Å²) >= 11 is 3.87. The average Bonchev–Trinajstić information content (AvgIpc) is 2.99. The first kappa shape index (κ1) is 14.2. The molecule has 102 valence electrons. The van der Waals surface area contributed by atoms with Crippen LogP contribution in [0.25, 0.3) is 0 Å². The number of nitrogens with zero attached hydrogens (tertiary/aromatic N) is 2. The van der Waals surface area contributed by atoms with Crippen LogP contribution in [0.4, 0.5) is 5.13 Å². The highest BCUT2D eigenvalue weighted by Gasteiger charge is 2.22. The molecule has 2 heterocycles. The van der Waals surface area contributed by atoms with E-state index in [2.05, 4.69) is 47.9 Å². The molecule has 18 heavy (non-hydrogen) atoms. The summed E-state index contributed by atoms with van der Waals surface area (Å²) in [6, 6.07) is 0.678. The monoisotopic (exact) mass is 285 g/mol. The summed E-state index contributed by atoms with van der Waals surface area (Å²) in [7, 11) is 2.18. The maximum Gasteiger partial charge on any atom is 0.185 e. The van der Waals surface area contributed by atoms with Gasteiger partial charge >= 0.3 is 0 Å². The highest BCUT2D eigenvalue weighted by atomic mass is 32.2. The van der Waals surface area contributed by atoms with Gasteiger partial charge in [-0.15, -0.1) is 11.3 Å². The molecule has 1 fully saturated rings. The van der Waals surface area contributed by atoms with Gasteiger partial charge in [0.05, 0.1) is 0 Å². The zero-order valence-electron chi connectivity index (χ0n) is 11.5. The quantitative estimate of drug-likeness (QED) is 0.870. The number of hydrogen-bond donors (Lipinski definition) is 1. The van der Waals surface area contributed by atoms with Crippen LogP contribution in [0.1, 0.15) is 25.1 Å². The lowest BCUT2D eigenvalue weighted by Crippen LogP contribution is -2.30. The fourth-order valence-corrected chi connectivity index (χ4v) is 4.19. The molecule has 0 bridgehead atoms. The summed E-state index contributed by atoms with van der Waals surface area (Å²) in [6.45, 7) is 6.48. The van der Waals surface area contributed by atoms with Crippen LogP contribution in [0.5, 0.6) is 0 Å². The molecule has 1 unspecified atom stereocenters. The van der Waals surface area contributed by atoms with E-state index in [1.54, 1.807) is 0 Å². The van der Waals surface area contributed by atoms with Crippen LogP contribution >= 0.6 is 23.1 Å². The number of hydrogen-bond acceptors (Lipinski definition) is 5. The van der Waals surface area contributed by atoms with E-state index in [9.17, 15) is 0 Å². The Morgan fingerprint density at radius 1 is 1.56 bits per heavy atom. The van der Waals surface area contributed by atoms with Gasteiger partial charge in [0, 0.05) is 36.5 Å². The molecule has 1 aliphatic rings. The third-order valence-electron chi connectivity index (χ3n) is 3.15. The van der Waals surface area contributed by atoms with Crippen LogP contribution in [-0.2, 0) is 6.54 Å². The lowest BCUT2D eigenvalue weighted by molar-refractivity contribution is 0.554. The molecule has 0 amide bonds. The van der Waals surface area contributed by atoms with Crippen molar-refractivity contribution in [1.82, 2.24) is 10.3 Å². The second-order valence-corrected chi connectivity index (χ2v) is 7.51. The minimum absolute atomic E-state index is 0.678. The van der Waals surface area contributed by atoms with Crippen LogP contribution in [-0.4, -0.2) is 36.1 Å². The molecule has 1 atom stereocenters. The topological polar surface area (TPSA) is 28.2 Å².